The second kappa shape index (κ2) is 7.44. The molecule has 112 valence electrons. The van der Waals surface area contributed by atoms with Crippen molar-refractivity contribution in [2.45, 2.75) is 25.9 Å². The minimum atomic E-state index is -0.505. The minimum Gasteiger partial charge on any atom is -0.389 e. The highest BCUT2D eigenvalue weighted by molar-refractivity contribution is 5.89. The number of carbonyl (C=O) groups excluding carboxylic acids is 1. The van der Waals surface area contributed by atoms with Crippen LogP contribution in [0, 0.1) is 0 Å². The molecule has 1 unspecified atom stereocenters. The zero-order valence-electron chi connectivity index (χ0n) is 12.0. The van der Waals surface area contributed by atoms with E-state index in [2.05, 4.69) is 20.6 Å². The molecule has 1 aromatic carbocycles. The van der Waals surface area contributed by atoms with Gasteiger partial charge in [0.15, 0.2) is 0 Å². The fourth-order valence-electron chi connectivity index (χ4n) is 1.91. The molecule has 0 fully saturated rings. The van der Waals surface area contributed by atoms with E-state index in [1.807, 2.05) is 0 Å². The fraction of sp³-hybridized carbons (Fsp3) is 0.333. The zero-order valence-corrected chi connectivity index (χ0v) is 12.0. The van der Waals surface area contributed by atoms with Crippen molar-refractivity contribution in [3.05, 3.63) is 48.0 Å². The van der Waals surface area contributed by atoms with E-state index in [1.54, 1.807) is 43.6 Å². The van der Waals surface area contributed by atoms with Crippen LogP contribution in [0.25, 0.3) is 0 Å². The topological polar surface area (TPSA) is 90.0 Å². The molecule has 21 heavy (non-hydrogen) atoms. The number of aliphatic hydroxyl groups excluding tert-OH is 1. The van der Waals surface area contributed by atoms with E-state index < -0.39 is 6.10 Å². The highest BCUT2D eigenvalue weighted by Gasteiger charge is 2.03. The van der Waals surface area contributed by atoms with E-state index in [0.717, 1.165) is 24.2 Å². The van der Waals surface area contributed by atoms with Crippen LogP contribution >= 0.6 is 0 Å². The number of hydrogen-bond acceptors (Lipinski definition) is 3. The average Bonchev–Trinajstić information content (AvgIpc) is 2.97. The van der Waals surface area contributed by atoms with Crippen molar-refractivity contribution in [3.8, 4) is 0 Å². The van der Waals surface area contributed by atoms with Gasteiger partial charge in [0, 0.05) is 31.0 Å². The molecule has 6 nitrogen and oxygen atoms in total. The van der Waals surface area contributed by atoms with Crippen LogP contribution in [0.5, 0.6) is 0 Å². The lowest BCUT2D eigenvalue weighted by Crippen LogP contribution is -2.29. The number of anilines is 1. The Morgan fingerprint density at radius 3 is 2.76 bits per heavy atom. The van der Waals surface area contributed by atoms with Crippen LogP contribution in [0.1, 0.15) is 30.8 Å². The van der Waals surface area contributed by atoms with Gasteiger partial charge < -0.3 is 20.7 Å². The van der Waals surface area contributed by atoms with Gasteiger partial charge in [-0.1, -0.05) is 12.1 Å². The zero-order chi connectivity index (χ0) is 15.1. The van der Waals surface area contributed by atoms with Crippen LogP contribution in [0.4, 0.5) is 10.5 Å². The van der Waals surface area contributed by atoms with Crippen LogP contribution in [0.3, 0.4) is 0 Å². The van der Waals surface area contributed by atoms with E-state index in [9.17, 15) is 9.90 Å². The first-order valence-electron chi connectivity index (χ1n) is 6.96. The SMILES string of the molecule is CC(O)c1ccc(NC(=O)NCCCc2ncc[nH]2)cc1. The summed E-state index contributed by atoms with van der Waals surface area (Å²) < 4.78 is 0. The number of carbonyl (C=O) groups is 1. The van der Waals surface area contributed by atoms with E-state index in [-0.39, 0.29) is 6.03 Å². The summed E-state index contributed by atoms with van der Waals surface area (Å²) in [4.78, 5) is 18.8. The van der Waals surface area contributed by atoms with Gasteiger partial charge in [-0.05, 0) is 31.0 Å². The van der Waals surface area contributed by atoms with Crippen molar-refractivity contribution in [2.75, 3.05) is 11.9 Å². The largest absolute Gasteiger partial charge is 0.389 e. The molecule has 0 radical (unpaired) electrons. The number of urea groups is 1. The van der Waals surface area contributed by atoms with Crippen molar-refractivity contribution < 1.29 is 9.90 Å². The average molecular weight is 288 g/mol. The summed E-state index contributed by atoms with van der Waals surface area (Å²) >= 11 is 0. The van der Waals surface area contributed by atoms with Crippen LogP contribution in [0.2, 0.25) is 0 Å². The first-order valence-corrected chi connectivity index (χ1v) is 6.96. The van der Waals surface area contributed by atoms with Crippen LogP contribution in [-0.4, -0.2) is 27.7 Å². The fourth-order valence-corrected chi connectivity index (χ4v) is 1.91. The summed E-state index contributed by atoms with van der Waals surface area (Å²) in [5, 5.41) is 14.9. The molecular formula is C15H20N4O2. The number of amides is 2. The smallest absolute Gasteiger partial charge is 0.319 e. The van der Waals surface area contributed by atoms with Crippen molar-refractivity contribution in [2.24, 2.45) is 0 Å². The maximum atomic E-state index is 11.7. The second-order valence-electron chi connectivity index (χ2n) is 4.82. The van der Waals surface area contributed by atoms with E-state index >= 15 is 0 Å². The lowest BCUT2D eigenvalue weighted by molar-refractivity contribution is 0.199. The van der Waals surface area contributed by atoms with Gasteiger partial charge in [0.05, 0.1) is 6.10 Å². The molecule has 0 aliphatic rings. The molecule has 0 aliphatic carbocycles. The van der Waals surface area contributed by atoms with Crippen molar-refractivity contribution >= 4 is 11.7 Å². The van der Waals surface area contributed by atoms with Crippen molar-refractivity contribution in [3.63, 3.8) is 0 Å². The number of nitrogens with one attached hydrogen (secondary N) is 3. The normalized spacial score (nSPS) is 11.9. The molecular weight excluding hydrogens is 268 g/mol. The van der Waals surface area contributed by atoms with Gasteiger partial charge in [-0.3, -0.25) is 0 Å². The monoisotopic (exact) mass is 288 g/mol. The number of aryl methyl sites for hydroxylation is 1. The highest BCUT2D eigenvalue weighted by Crippen LogP contribution is 2.15. The number of imidazole rings is 1. The maximum absolute atomic E-state index is 11.7. The third kappa shape index (κ3) is 4.92. The van der Waals surface area contributed by atoms with Gasteiger partial charge in [0.25, 0.3) is 0 Å². The lowest BCUT2D eigenvalue weighted by Gasteiger charge is -2.09. The number of benzene rings is 1. The van der Waals surface area contributed by atoms with Gasteiger partial charge in [-0.2, -0.15) is 0 Å². The predicted octanol–water partition coefficient (Wildman–Crippen LogP) is 2.22. The molecule has 2 aromatic rings. The summed E-state index contributed by atoms with van der Waals surface area (Å²) in [7, 11) is 0. The van der Waals surface area contributed by atoms with Crippen LogP contribution in [-0.2, 0) is 6.42 Å². The Balaban J connectivity index is 1.69. The van der Waals surface area contributed by atoms with Crippen molar-refractivity contribution in [1.29, 1.82) is 0 Å². The molecule has 6 heteroatoms. The minimum absolute atomic E-state index is 0.237. The standard InChI is InChI=1S/C15H20N4O2/c1-11(20)12-4-6-13(7-5-12)19-15(21)18-8-2-3-14-16-9-10-17-14/h4-7,9-11,20H,2-3,8H2,1H3,(H,16,17)(H2,18,19,21). The van der Waals surface area contributed by atoms with E-state index in [1.165, 1.54) is 0 Å². The molecule has 0 saturated carbocycles. The van der Waals surface area contributed by atoms with Gasteiger partial charge in [-0.25, -0.2) is 9.78 Å². The third-order valence-electron chi connectivity index (χ3n) is 3.08. The number of hydrogen-bond donors (Lipinski definition) is 4. The second-order valence-corrected chi connectivity index (χ2v) is 4.82. The molecule has 0 saturated heterocycles. The molecule has 0 aliphatic heterocycles. The predicted molar refractivity (Wildman–Crippen MR) is 81.0 cm³/mol. The Morgan fingerprint density at radius 2 is 2.14 bits per heavy atom. The lowest BCUT2D eigenvalue weighted by atomic mass is 10.1. The van der Waals surface area contributed by atoms with Gasteiger partial charge >= 0.3 is 6.03 Å². The molecule has 4 N–H and O–H groups in total. The number of H-pyrrole nitrogens is 1. The van der Waals surface area contributed by atoms with E-state index in [4.69, 9.17) is 0 Å². The van der Waals surface area contributed by atoms with E-state index in [0.29, 0.717) is 12.2 Å². The van der Waals surface area contributed by atoms with Gasteiger partial charge in [0.1, 0.15) is 5.82 Å². The number of aliphatic hydroxyl groups is 1. The van der Waals surface area contributed by atoms with Crippen LogP contribution in [0.15, 0.2) is 36.7 Å². The Morgan fingerprint density at radius 1 is 1.38 bits per heavy atom. The molecule has 0 bridgehead atoms. The molecule has 1 heterocycles. The van der Waals surface area contributed by atoms with Gasteiger partial charge in [-0.15, -0.1) is 0 Å². The quantitative estimate of drug-likeness (QED) is 0.614. The van der Waals surface area contributed by atoms with Crippen molar-refractivity contribution in [1.82, 2.24) is 15.3 Å². The molecule has 1 aromatic heterocycles. The number of rotatable bonds is 6. The number of nitrogens with zero attached hydrogens (tertiary/aromatic N) is 1. The van der Waals surface area contributed by atoms with Gasteiger partial charge in [0.2, 0.25) is 0 Å². The van der Waals surface area contributed by atoms with Crippen LogP contribution < -0.4 is 10.6 Å². The summed E-state index contributed by atoms with van der Waals surface area (Å²) in [5.74, 6) is 0.922. The molecule has 0 spiro atoms. The molecule has 1 atom stereocenters. The first kappa shape index (κ1) is 15.1. The summed E-state index contributed by atoms with van der Waals surface area (Å²) in [5.41, 5.74) is 1.52. The first-order chi connectivity index (χ1) is 10.1. The summed E-state index contributed by atoms with van der Waals surface area (Å²) in [6.07, 6.45) is 4.62. The Kier molecular flexibility index (Phi) is 5.34. The highest BCUT2D eigenvalue weighted by atomic mass is 16.3. The summed E-state index contributed by atoms with van der Waals surface area (Å²) in [6, 6.07) is 6.88. The molecule has 2 amide bonds. The Labute approximate surface area is 123 Å². The number of aromatic nitrogens is 2. The number of aromatic amines is 1. The Hall–Kier alpha value is -2.34. The Bertz CT molecular complexity index is 550. The third-order valence-corrected chi connectivity index (χ3v) is 3.08. The maximum Gasteiger partial charge on any atom is 0.319 e. The summed E-state index contributed by atoms with van der Waals surface area (Å²) in [6.45, 7) is 2.28. The molecule has 2 rings (SSSR count).